The minimum absolute atomic E-state index is 0.0225. The van der Waals surface area contributed by atoms with Crippen LogP contribution < -0.4 is 5.32 Å². The van der Waals surface area contributed by atoms with Crippen LogP contribution in [0.5, 0.6) is 0 Å². The number of nitrogens with one attached hydrogen (secondary N) is 1. The highest BCUT2D eigenvalue weighted by atomic mass is 16.5. The van der Waals surface area contributed by atoms with Crippen molar-refractivity contribution >= 4 is 6.09 Å². The minimum Gasteiger partial charge on any atom is -0.449 e. The highest BCUT2D eigenvalue weighted by Crippen LogP contribution is 2.44. The van der Waals surface area contributed by atoms with E-state index in [4.69, 9.17) is 4.74 Å². The van der Waals surface area contributed by atoms with Crippen LogP contribution >= 0.6 is 0 Å². The average molecular weight is 333 g/mol. The number of hydrogen-bond donors (Lipinski definition) is 1. The smallest absolute Gasteiger partial charge is 0.407 e. The molecule has 0 heterocycles. The van der Waals surface area contributed by atoms with Crippen molar-refractivity contribution in [3.8, 4) is 11.1 Å². The van der Waals surface area contributed by atoms with Gasteiger partial charge in [0.25, 0.3) is 0 Å². The molecular weight excluding hydrogens is 310 g/mol. The summed E-state index contributed by atoms with van der Waals surface area (Å²) in [6.45, 7) is 7.77. The van der Waals surface area contributed by atoms with Gasteiger partial charge in [0, 0.05) is 12.0 Å². The first-order chi connectivity index (χ1) is 12.2. The van der Waals surface area contributed by atoms with Crippen LogP contribution in [0.15, 0.2) is 73.8 Å². The lowest BCUT2D eigenvalue weighted by Crippen LogP contribution is -2.35. The summed E-state index contributed by atoms with van der Waals surface area (Å²) in [7, 11) is 0. The van der Waals surface area contributed by atoms with E-state index >= 15 is 0 Å². The molecule has 1 aliphatic carbocycles. The van der Waals surface area contributed by atoms with Crippen LogP contribution in [0.2, 0.25) is 0 Å². The summed E-state index contributed by atoms with van der Waals surface area (Å²) in [5.41, 5.74) is 4.88. The van der Waals surface area contributed by atoms with Gasteiger partial charge in [-0.3, -0.25) is 0 Å². The third kappa shape index (κ3) is 3.66. The molecule has 0 fully saturated rings. The van der Waals surface area contributed by atoms with E-state index in [1.807, 2.05) is 24.3 Å². The molecule has 3 heteroatoms. The van der Waals surface area contributed by atoms with Gasteiger partial charge in [-0.25, -0.2) is 4.79 Å². The van der Waals surface area contributed by atoms with Crippen LogP contribution in [0.1, 0.15) is 29.9 Å². The van der Waals surface area contributed by atoms with Gasteiger partial charge in [0.05, 0.1) is 0 Å². The summed E-state index contributed by atoms with van der Waals surface area (Å²) < 4.78 is 5.54. The van der Waals surface area contributed by atoms with E-state index in [-0.39, 0.29) is 12.0 Å². The van der Waals surface area contributed by atoms with Crippen LogP contribution in [0.4, 0.5) is 4.79 Å². The van der Waals surface area contributed by atoms with E-state index in [1.54, 1.807) is 12.2 Å². The fourth-order valence-electron chi connectivity index (χ4n) is 3.42. The third-order valence-corrected chi connectivity index (χ3v) is 4.57. The Balaban J connectivity index is 1.70. The molecule has 0 bridgehead atoms. The predicted molar refractivity (Wildman–Crippen MR) is 102 cm³/mol. The van der Waals surface area contributed by atoms with Crippen LogP contribution in [0.25, 0.3) is 11.1 Å². The molecule has 0 spiro atoms. The van der Waals surface area contributed by atoms with Gasteiger partial charge in [-0.05, 0) is 35.1 Å². The van der Waals surface area contributed by atoms with Crippen molar-refractivity contribution in [1.82, 2.24) is 5.32 Å². The number of carbonyl (C=O) groups excluding carboxylic acids is 1. The lowest BCUT2D eigenvalue weighted by atomic mass is 9.98. The lowest BCUT2D eigenvalue weighted by molar-refractivity contribution is 0.139. The molecule has 0 aromatic heterocycles. The first-order valence-electron chi connectivity index (χ1n) is 8.58. The van der Waals surface area contributed by atoms with Gasteiger partial charge in [0.15, 0.2) is 0 Å². The highest BCUT2D eigenvalue weighted by Gasteiger charge is 2.29. The maximum absolute atomic E-state index is 12.2. The zero-order chi connectivity index (χ0) is 17.6. The monoisotopic (exact) mass is 333 g/mol. The number of alkyl carbamates (subject to hydrolysis) is 1. The van der Waals surface area contributed by atoms with Crippen LogP contribution in [-0.2, 0) is 4.74 Å². The number of rotatable bonds is 7. The van der Waals surface area contributed by atoms with Crippen molar-refractivity contribution in [1.29, 1.82) is 0 Å². The minimum atomic E-state index is -0.393. The van der Waals surface area contributed by atoms with Crippen molar-refractivity contribution in [2.75, 3.05) is 6.61 Å². The molecule has 3 nitrogen and oxygen atoms in total. The Morgan fingerprint density at radius 2 is 1.52 bits per heavy atom. The molecule has 3 rings (SSSR count). The molecule has 25 heavy (non-hydrogen) atoms. The zero-order valence-corrected chi connectivity index (χ0v) is 14.3. The molecule has 0 aliphatic heterocycles. The topological polar surface area (TPSA) is 38.3 Å². The molecule has 1 aliphatic rings. The molecule has 1 N–H and O–H groups in total. The van der Waals surface area contributed by atoms with E-state index in [0.717, 1.165) is 0 Å². The van der Waals surface area contributed by atoms with Gasteiger partial charge in [0.1, 0.15) is 6.61 Å². The number of fused-ring (bicyclic) bond motifs is 3. The van der Waals surface area contributed by atoms with Gasteiger partial charge < -0.3 is 10.1 Å². The molecule has 0 saturated heterocycles. The Bertz CT molecular complexity index is 726. The molecule has 128 valence electrons. The van der Waals surface area contributed by atoms with Crippen LogP contribution in [-0.4, -0.2) is 18.7 Å². The molecule has 0 unspecified atom stereocenters. The molecule has 0 radical (unpaired) electrons. The van der Waals surface area contributed by atoms with Crippen LogP contribution in [0.3, 0.4) is 0 Å². The van der Waals surface area contributed by atoms with E-state index in [0.29, 0.717) is 19.4 Å². The lowest BCUT2D eigenvalue weighted by Gasteiger charge is -2.18. The molecule has 1 amide bonds. The second kappa shape index (κ2) is 7.84. The molecule has 0 atom stereocenters. The first kappa shape index (κ1) is 17.0. The number of benzene rings is 2. The Hall–Kier alpha value is -2.81. The Kier molecular flexibility index (Phi) is 5.34. The van der Waals surface area contributed by atoms with E-state index < -0.39 is 6.09 Å². The van der Waals surface area contributed by atoms with E-state index in [2.05, 4.69) is 42.7 Å². The summed E-state index contributed by atoms with van der Waals surface area (Å²) in [4.78, 5) is 12.2. The fraction of sp³-hybridized carbons (Fsp3) is 0.227. The zero-order valence-electron chi connectivity index (χ0n) is 14.3. The normalized spacial score (nSPS) is 12.4. The predicted octanol–water partition coefficient (Wildman–Crippen LogP) is 5.05. The van der Waals surface area contributed by atoms with E-state index in [1.165, 1.54) is 22.3 Å². The van der Waals surface area contributed by atoms with Crippen LogP contribution in [0, 0.1) is 0 Å². The molecule has 2 aromatic carbocycles. The third-order valence-electron chi connectivity index (χ3n) is 4.57. The van der Waals surface area contributed by atoms with Gasteiger partial charge in [0.2, 0.25) is 0 Å². The molecular formula is C22H23NO2. The fourth-order valence-corrected chi connectivity index (χ4v) is 3.42. The molecule has 2 aromatic rings. The Morgan fingerprint density at radius 1 is 1.00 bits per heavy atom. The van der Waals surface area contributed by atoms with Gasteiger partial charge in [-0.1, -0.05) is 60.7 Å². The van der Waals surface area contributed by atoms with Crippen molar-refractivity contribution in [2.45, 2.75) is 24.8 Å². The molecule has 0 saturated carbocycles. The summed E-state index contributed by atoms with van der Waals surface area (Å²) >= 11 is 0. The first-order valence-corrected chi connectivity index (χ1v) is 8.58. The number of ether oxygens (including phenoxy) is 1. The quantitative estimate of drug-likeness (QED) is 0.720. The second-order valence-corrected chi connectivity index (χ2v) is 6.22. The van der Waals surface area contributed by atoms with Gasteiger partial charge in [-0.2, -0.15) is 0 Å². The second-order valence-electron chi connectivity index (χ2n) is 6.22. The SMILES string of the molecule is C=CCC(CC=C)NC(=O)OCC1c2ccccc2-c2ccccc21. The highest BCUT2D eigenvalue weighted by molar-refractivity contribution is 5.79. The van der Waals surface area contributed by atoms with E-state index in [9.17, 15) is 4.79 Å². The van der Waals surface area contributed by atoms with Crippen molar-refractivity contribution in [2.24, 2.45) is 0 Å². The summed E-state index contributed by atoms with van der Waals surface area (Å²) in [5, 5.41) is 2.89. The van der Waals surface area contributed by atoms with Gasteiger partial charge in [-0.15, -0.1) is 13.2 Å². The Morgan fingerprint density at radius 3 is 2.04 bits per heavy atom. The average Bonchev–Trinajstić information content (AvgIpc) is 2.94. The summed E-state index contributed by atoms with van der Waals surface area (Å²) in [6.07, 6.45) is 4.57. The largest absolute Gasteiger partial charge is 0.449 e. The van der Waals surface area contributed by atoms with Crippen molar-refractivity contribution in [3.05, 3.63) is 85.0 Å². The number of hydrogen-bond acceptors (Lipinski definition) is 2. The maximum atomic E-state index is 12.2. The summed E-state index contributed by atoms with van der Waals surface area (Å²) in [6, 6.07) is 16.6. The van der Waals surface area contributed by atoms with Gasteiger partial charge >= 0.3 is 6.09 Å². The Labute approximate surface area is 149 Å². The number of amides is 1. The summed E-state index contributed by atoms with van der Waals surface area (Å²) in [5.74, 6) is 0.0791. The van der Waals surface area contributed by atoms with Crippen molar-refractivity contribution < 1.29 is 9.53 Å². The number of carbonyl (C=O) groups is 1. The standard InChI is InChI=1S/C22H23NO2/c1-3-9-16(10-4-2)23-22(24)25-15-21-19-13-7-5-11-17(19)18-12-6-8-14-20(18)21/h3-8,11-14,16,21H,1-2,9-10,15H2,(H,23,24). The van der Waals surface area contributed by atoms with Crippen molar-refractivity contribution in [3.63, 3.8) is 0 Å². The maximum Gasteiger partial charge on any atom is 0.407 e.